The predicted octanol–water partition coefficient (Wildman–Crippen LogP) is 1.13. The average molecular weight is 231 g/mol. The molecule has 0 saturated heterocycles. The molecule has 0 bridgehead atoms. The largest absolute Gasteiger partial charge is 0.330 e. The van der Waals surface area contributed by atoms with E-state index >= 15 is 0 Å². The minimum atomic E-state index is -0.154. The van der Waals surface area contributed by atoms with Gasteiger partial charge in [-0.25, -0.2) is 4.98 Å². The summed E-state index contributed by atoms with van der Waals surface area (Å²) in [4.78, 5) is 23.6. The van der Waals surface area contributed by atoms with Gasteiger partial charge in [0.25, 0.3) is 5.56 Å². The number of nitrogens with zero attached hydrogens (tertiary/aromatic N) is 4. The van der Waals surface area contributed by atoms with Crippen LogP contribution < -0.4 is 5.56 Å². The zero-order valence-corrected chi connectivity index (χ0v) is 9.93. The topological polar surface area (TPSA) is 68.0 Å². The molecule has 0 aliphatic carbocycles. The summed E-state index contributed by atoms with van der Waals surface area (Å²) in [7, 11) is 0. The molecule has 3 rings (SSSR count). The zero-order chi connectivity index (χ0) is 12.2. The second-order valence-electron chi connectivity index (χ2n) is 5.03. The van der Waals surface area contributed by atoms with E-state index in [9.17, 15) is 4.79 Å². The smallest absolute Gasteiger partial charge is 0.287 e. The molecule has 88 valence electrons. The van der Waals surface area contributed by atoms with Crippen LogP contribution in [0.3, 0.4) is 0 Å². The maximum Gasteiger partial charge on any atom is 0.287 e. The van der Waals surface area contributed by atoms with Gasteiger partial charge in [-0.15, -0.1) is 0 Å². The molecule has 0 saturated carbocycles. The minimum Gasteiger partial charge on any atom is -0.330 e. The first-order valence-electron chi connectivity index (χ1n) is 5.42. The van der Waals surface area contributed by atoms with Crippen LogP contribution >= 0.6 is 0 Å². The van der Waals surface area contributed by atoms with E-state index in [1.165, 1.54) is 4.40 Å². The highest BCUT2D eigenvalue weighted by Gasteiger charge is 2.19. The molecule has 0 radical (unpaired) electrons. The van der Waals surface area contributed by atoms with Crippen molar-refractivity contribution in [3.05, 3.63) is 29.1 Å². The molecule has 0 aromatic carbocycles. The Morgan fingerprint density at radius 1 is 1.35 bits per heavy atom. The van der Waals surface area contributed by atoms with E-state index in [2.05, 4.69) is 15.0 Å². The second kappa shape index (κ2) is 2.97. The van der Waals surface area contributed by atoms with Crippen LogP contribution in [0.15, 0.2) is 23.5 Å². The fraction of sp³-hybridized carbons (Fsp3) is 0.364. The fourth-order valence-corrected chi connectivity index (χ4v) is 1.88. The van der Waals surface area contributed by atoms with Crippen molar-refractivity contribution in [1.29, 1.82) is 0 Å². The molecule has 0 aliphatic heterocycles. The zero-order valence-electron chi connectivity index (χ0n) is 9.93. The monoisotopic (exact) mass is 231 g/mol. The van der Waals surface area contributed by atoms with E-state index in [0.29, 0.717) is 16.9 Å². The Labute approximate surface area is 96.9 Å². The Bertz CT molecular complexity index is 755. The average Bonchev–Trinajstić information content (AvgIpc) is 2.81. The van der Waals surface area contributed by atoms with Crippen LogP contribution in [0.25, 0.3) is 16.9 Å². The molecule has 3 aromatic heterocycles. The predicted molar refractivity (Wildman–Crippen MR) is 64.1 cm³/mol. The number of imidazole rings is 2. The first kappa shape index (κ1) is 10.1. The lowest BCUT2D eigenvalue weighted by molar-refractivity contribution is 0.406. The van der Waals surface area contributed by atoms with Gasteiger partial charge < -0.3 is 9.55 Å². The Kier molecular flexibility index (Phi) is 1.76. The number of aromatic nitrogens is 5. The second-order valence-corrected chi connectivity index (χ2v) is 5.03. The Hall–Kier alpha value is -2.11. The van der Waals surface area contributed by atoms with Gasteiger partial charge >= 0.3 is 0 Å². The third-order valence-electron chi connectivity index (χ3n) is 2.76. The summed E-state index contributed by atoms with van der Waals surface area (Å²) < 4.78 is 3.37. The fourth-order valence-electron chi connectivity index (χ4n) is 1.88. The van der Waals surface area contributed by atoms with Crippen molar-refractivity contribution in [2.75, 3.05) is 0 Å². The standard InChI is InChI=1S/C11H13N5O/c1-11(2,3)16-6-13-7-8(16)14-10-12-4-5-15(10)9(7)17/h4-6H,1-3H3,(H,12,14). The Balaban J connectivity index is 2.52. The van der Waals surface area contributed by atoms with Gasteiger partial charge in [0.05, 0.1) is 6.33 Å². The van der Waals surface area contributed by atoms with Crippen molar-refractivity contribution in [2.24, 2.45) is 0 Å². The third kappa shape index (κ3) is 1.30. The van der Waals surface area contributed by atoms with Gasteiger partial charge in [-0.1, -0.05) is 0 Å². The maximum absolute atomic E-state index is 12.1. The van der Waals surface area contributed by atoms with E-state index < -0.39 is 0 Å². The van der Waals surface area contributed by atoms with Crippen LogP contribution in [0.2, 0.25) is 0 Å². The summed E-state index contributed by atoms with van der Waals surface area (Å²) in [5.41, 5.74) is 0.718. The number of fused-ring (bicyclic) bond motifs is 2. The number of hydrogen-bond acceptors (Lipinski definition) is 3. The number of hydrogen-bond donors (Lipinski definition) is 1. The normalized spacial score (nSPS) is 12.6. The summed E-state index contributed by atoms with van der Waals surface area (Å²) in [5, 5.41) is 0. The highest BCUT2D eigenvalue weighted by atomic mass is 16.1. The van der Waals surface area contributed by atoms with Gasteiger partial charge in [0.15, 0.2) is 11.2 Å². The first-order chi connectivity index (χ1) is 7.98. The summed E-state index contributed by atoms with van der Waals surface area (Å²) in [5.74, 6) is 0.536. The molecular weight excluding hydrogens is 218 g/mol. The quantitative estimate of drug-likeness (QED) is 0.630. The summed E-state index contributed by atoms with van der Waals surface area (Å²) in [6.45, 7) is 6.14. The molecule has 6 heteroatoms. The molecule has 0 fully saturated rings. The molecule has 3 heterocycles. The van der Waals surface area contributed by atoms with E-state index in [4.69, 9.17) is 0 Å². The van der Waals surface area contributed by atoms with E-state index in [1.54, 1.807) is 18.7 Å². The van der Waals surface area contributed by atoms with Gasteiger partial charge in [0.2, 0.25) is 5.78 Å². The molecule has 0 atom stereocenters. The van der Waals surface area contributed by atoms with Gasteiger partial charge in [0, 0.05) is 17.9 Å². The Morgan fingerprint density at radius 2 is 2.12 bits per heavy atom. The van der Waals surface area contributed by atoms with E-state index in [-0.39, 0.29) is 11.1 Å². The molecule has 3 aromatic rings. The van der Waals surface area contributed by atoms with Crippen molar-refractivity contribution in [2.45, 2.75) is 26.3 Å². The van der Waals surface area contributed by atoms with Crippen molar-refractivity contribution in [1.82, 2.24) is 23.9 Å². The SMILES string of the molecule is CC(C)(C)n1cnc2c(=O)n3cc[nH]c3nc21. The Morgan fingerprint density at radius 3 is 2.82 bits per heavy atom. The molecule has 0 aliphatic rings. The molecular formula is C11H13N5O. The molecule has 0 spiro atoms. The van der Waals surface area contributed by atoms with Crippen molar-refractivity contribution >= 4 is 16.9 Å². The van der Waals surface area contributed by atoms with Crippen LogP contribution in [0, 0.1) is 0 Å². The van der Waals surface area contributed by atoms with E-state index in [0.717, 1.165) is 0 Å². The van der Waals surface area contributed by atoms with Gasteiger partial charge in [-0.3, -0.25) is 9.20 Å². The van der Waals surface area contributed by atoms with Crippen LogP contribution in [0.1, 0.15) is 20.8 Å². The molecule has 6 nitrogen and oxygen atoms in total. The van der Waals surface area contributed by atoms with Crippen LogP contribution in [-0.4, -0.2) is 23.9 Å². The molecule has 17 heavy (non-hydrogen) atoms. The van der Waals surface area contributed by atoms with Crippen LogP contribution in [0.5, 0.6) is 0 Å². The van der Waals surface area contributed by atoms with Crippen LogP contribution in [0.4, 0.5) is 0 Å². The first-order valence-corrected chi connectivity index (χ1v) is 5.42. The molecule has 0 amide bonds. The van der Waals surface area contributed by atoms with Crippen LogP contribution in [-0.2, 0) is 5.54 Å². The van der Waals surface area contributed by atoms with Gasteiger partial charge in [-0.2, -0.15) is 4.98 Å². The van der Waals surface area contributed by atoms with Gasteiger partial charge in [0.1, 0.15) is 0 Å². The lowest BCUT2D eigenvalue weighted by Gasteiger charge is -2.20. The number of nitrogens with one attached hydrogen (secondary N) is 1. The van der Waals surface area contributed by atoms with Crippen molar-refractivity contribution in [3.8, 4) is 0 Å². The summed E-state index contributed by atoms with van der Waals surface area (Å²) >= 11 is 0. The highest BCUT2D eigenvalue weighted by molar-refractivity contribution is 5.71. The number of rotatable bonds is 0. The van der Waals surface area contributed by atoms with Gasteiger partial charge in [-0.05, 0) is 20.8 Å². The summed E-state index contributed by atoms with van der Waals surface area (Å²) in [6, 6.07) is 0. The minimum absolute atomic E-state index is 0.144. The highest BCUT2D eigenvalue weighted by Crippen LogP contribution is 2.18. The van der Waals surface area contributed by atoms with Crippen molar-refractivity contribution < 1.29 is 0 Å². The number of aromatic amines is 1. The lowest BCUT2D eigenvalue weighted by atomic mass is 10.1. The molecule has 1 N–H and O–H groups in total. The maximum atomic E-state index is 12.1. The molecule has 0 unspecified atom stereocenters. The van der Waals surface area contributed by atoms with Crippen molar-refractivity contribution in [3.63, 3.8) is 0 Å². The third-order valence-corrected chi connectivity index (χ3v) is 2.76. The number of H-pyrrole nitrogens is 1. The lowest BCUT2D eigenvalue weighted by Crippen LogP contribution is -2.22. The van der Waals surface area contributed by atoms with E-state index in [1.807, 2.05) is 25.3 Å². The summed E-state index contributed by atoms with van der Waals surface area (Å²) in [6.07, 6.45) is 5.00.